The van der Waals surface area contributed by atoms with E-state index in [0.717, 1.165) is 194 Å². The van der Waals surface area contributed by atoms with Crippen LogP contribution in [0.4, 0.5) is 0 Å². The maximum atomic E-state index is 12.2. The van der Waals surface area contributed by atoms with Crippen LogP contribution in [0, 0.1) is 63.8 Å². The highest BCUT2D eigenvalue weighted by atomic mass is 16.4. The summed E-state index contributed by atoms with van der Waals surface area (Å²) in [7, 11) is 0. The van der Waals surface area contributed by atoms with E-state index in [1.807, 2.05) is 9.36 Å². The van der Waals surface area contributed by atoms with E-state index in [4.69, 9.17) is 35.9 Å². The Morgan fingerprint density at radius 2 is 0.553 bits per heavy atom. The largest absolute Gasteiger partial charge is 0.478 e. The summed E-state index contributed by atoms with van der Waals surface area (Å²) in [6, 6.07) is 48.8. The van der Waals surface area contributed by atoms with Crippen LogP contribution < -0.4 is 5.32 Å². The second-order valence-corrected chi connectivity index (χ2v) is 42.1. The van der Waals surface area contributed by atoms with Gasteiger partial charge in [0.2, 0.25) is 0 Å². The van der Waals surface area contributed by atoms with Gasteiger partial charge in [0.15, 0.2) is 6.19 Å². The summed E-state index contributed by atoms with van der Waals surface area (Å²) in [5.74, 6) is -5.07. The Morgan fingerprint density at radius 3 is 0.807 bits per heavy atom. The summed E-state index contributed by atoms with van der Waals surface area (Å²) in [6.45, 7) is 31.2. The minimum absolute atomic E-state index is 0.0988. The first kappa shape index (κ1) is 105. The fourth-order valence-electron chi connectivity index (χ4n) is 19.7. The molecule has 0 bridgehead atoms. The number of nitrogens with one attached hydrogen (secondary N) is 1. The van der Waals surface area contributed by atoms with Crippen LogP contribution in [-0.2, 0) is 58.2 Å². The minimum Gasteiger partial charge on any atom is -0.478 e. The van der Waals surface area contributed by atoms with Crippen LogP contribution in [0.3, 0.4) is 0 Å². The molecular weight excluding hydrogens is 1890 g/mol. The number of fused-ring (bicyclic) bond motifs is 6. The third-order valence-electron chi connectivity index (χ3n) is 27.7. The van der Waals surface area contributed by atoms with Gasteiger partial charge in [0.25, 0.3) is 5.91 Å². The summed E-state index contributed by atoms with van der Waals surface area (Å²) < 4.78 is 12.5. The Hall–Kier alpha value is -16.7. The molecule has 22 rings (SSSR count). The van der Waals surface area contributed by atoms with Crippen LogP contribution in [-0.4, -0.2) is 174 Å². The molecule has 12 aromatic heterocycles. The average molecular weight is 2010 g/mol. The molecule has 13 heterocycles. The second kappa shape index (κ2) is 45.7. The zero-order valence-electron chi connectivity index (χ0n) is 86.7. The summed E-state index contributed by atoms with van der Waals surface area (Å²) in [5, 5.41) is 93.5. The molecule has 1 amide bonds. The van der Waals surface area contributed by atoms with Crippen molar-refractivity contribution >= 4 is 101 Å². The first-order valence-corrected chi connectivity index (χ1v) is 51.0. The normalized spacial score (nSPS) is 13.6. The molecule has 1 saturated heterocycles. The molecule has 0 radical (unpaired) electrons. The van der Waals surface area contributed by atoms with Crippen molar-refractivity contribution in [1.29, 1.82) is 5.26 Å². The van der Waals surface area contributed by atoms with Gasteiger partial charge < -0.3 is 30.4 Å². The number of benzene rings is 6. The predicted octanol–water partition coefficient (Wildman–Crippen LogP) is 21.7. The van der Waals surface area contributed by atoms with E-state index in [0.29, 0.717) is 107 Å². The predicted molar refractivity (Wildman–Crippen MR) is 576 cm³/mol. The van der Waals surface area contributed by atoms with Gasteiger partial charge in [-0.2, -0.15) is 35.9 Å². The van der Waals surface area contributed by atoms with Crippen LogP contribution in [0.15, 0.2) is 220 Å². The summed E-state index contributed by atoms with van der Waals surface area (Å²) in [4.78, 5) is 96.6. The number of carbonyl (C=O) groups is 6. The molecule has 32 heteroatoms. The van der Waals surface area contributed by atoms with Crippen LogP contribution in [0.25, 0.3) is 65.4 Å². The monoisotopic (exact) mass is 2010 g/mol. The first-order chi connectivity index (χ1) is 72.0. The third kappa shape index (κ3) is 24.9. The number of carbonyl (C=O) groups excluding carboxylic acids is 1. The smallest absolute Gasteiger partial charge is 0.336 e. The minimum atomic E-state index is -0.938. The van der Waals surface area contributed by atoms with Gasteiger partial charge in [-0.15, -0.1) is 0 Å². The molecule has 3 saturated carbocycles. The second-order valence-electron chi connectivity index (χ2n) is 42.1. The van der Waals surface area contributed by atoms with Crippen LogP contribution in [0.1, 0.15) is 287 Å². The Labute approximate surface area is 869 Å². The van der Waals surface area contributed by atoms with Gasteiger partial charge in [-0.1, -0.05) is 111 Å². The number of nitrogens with zero attached hydrogens (tertiary/aromatic N) is 20. The average Bonchev–Trinajstić information content (AvgIpc) is 1.64. The number of carboxylic acid groups (broad SMARTS) is 5. The number of aromatic carboxylic acids is 5. The molecular formula is C118H125N21O11. The Bertz CT molecular complexity index is 7840. The number of likely N-dealkylation sites (tertiary alicyclic amines) is 1. The standard InChI is InChI=1S/C22H24N6O.2C20H23N3O2.2C19H19N3O2.C18H17N3O2/c1-16-4-5-21-19(12-16)20(26-28(21)11-10-27-8-2-3-9-27)13-17-14-24-7-6-18(17)22(29)25-15-23;2*1-13-5-6-18-16(9-13)17(22-23(18)12-20(2,3)4)10-14-11-21-8-7-15(14)19(24)25;2*1-12-5-6-18-16(9-12)17(21-22(18)14-3-2-4-14)10-13-11-20-8-7-15(13)19(23)24;1-11-2-5-17-15(8-11)16(20-21(17)13-3-4-13)9-12-10-19-7-6-14(12)18(22)23/h4-7,12,14H,2-3,8-11,13H2,1H3,(H,25,29);2*5-9,11H,10,12H2,1-4H3,(H,24,25);2*5-9,11,14H,2-4,10H2,1H3,(H,23,24);2,5-8,10,13H,3-4,9H2,1H3,(H,22,23). The molecule has 1 aliphatic heterocycles. The van der Waals surface area contributed by atoms with Crippen molar-refractivity contribution in [3.63, 3.8) is 0 Å². The van der Waals surface area contributed by atoms with Crippen LogP contribution in [0.2, 0.25) is 0 Å². The zero-order chi connectivity index (χ0) is 106. The molecule has 32 nitrogen and oxygen atoms in total. The molecule has 768 valence electrons. The van der Waals surface area contributed by atoms with E-state index in [9.17, 15) is 54.3 Å². The highest BCUT2D eigenvalue weighted by Crippen LogP contribution is 2.41. The van der Waals surface area contributed by atoms with E-state index >= 15 is 0 Å². The molecule has 0 atom stereocenters. The fraction of sp³-hybridized carbons (Fsp3) is 0.331. The van der Waals surface area contributed by atoms with Crippen molar-refractivity contribution in [3.05, 3.63) is 354 Å². The van der Waals surface area contributed by atoms with Gasteiger partial charge in [0.1, 0.15) is 0 Å². The molecule has 4 aliphatic rings. The Kier molecular flexibility index (Phi) is 31.9. The van der Waals surface area contributed by atoms with Crippen LogP contribution >= 0.6 is 0 Å². The fourth-order valence-corrected chi connectivity index (χ4v) is 19.7. The maximum Gasteiger partial charge on any atom is 0.336 e. The highest BCUT2D eigenvalue weighted by Gasteiger charge is 2.32. The molecule has 6 N–H and O–H groups in total. The van der Waals surface area contributed by atoms with Gasteiger partial charge >= 0.3 is 29.8 Å². The molecule has 0 spiro atoms. The lowest BCUT2D eigenvalue weighted by Crippen LogP contribution is -2.24. The topological polar surface area (TPSA) is 427 Å². The van der Waals surface area contributed by atoms with E-state index in [1.165, 1.54) is 91.1 Å². The van der Waals surface area contributed by atoms with Gasteiger partial charge in [0, 0.05) is 170 Å². The van der Waals surface area contributed by atoms with Crippen molar-refractivity contribution in [2.75, 3.05) is 19.6 Å². The van der Waals surface area contributed by atoms with Crippen molar-refractivity contribution < 1.29 is 54.3 Å². The van der Waals surface area contributed by atoms with E-state index < -0.39 is 35.8 Å². The number of amides is 1. The number of aryl methyl sites for hydroxylation is 6. The molecule has 18 aromatic rings. The van der Waals surface area contributed by atoms with Crippen molar-refractivity contribution in [1.82, 2.24) is 98.8 Å². The van der Waals surface area contributed by atoms with Crippen molar-refractivity contribution in [2.24, 2.45) is 10.8 Å². The number of aromatic nitrogens is 18. The summed E-state index contributed by atoms with van der Waals surface area (Å²) in [5.41, 5.74) is 25.5. The molecule has 150 heavy (non-hydrogen) atoms. The summed E-state index contributed by atoms with van der Waals surface area (Å²) >= 11 is 0. The van der Waals surface area contributed by atoms with Crippen molar-refractivity contribution in [3.8, 4) is 6.19 Å². The zero-order valence-corrected chi connectivity index (χ0v) is 86.7. The van der Waals surface area contributed by atoms with E-state index in [-0.39, 0.29) is 22.0 Å². The van der Waals surface area contributed by atoms with Gasteiger partial charge in [-0.3, -0.25) is 68.1 Å². The van der Waals surface area contributed by atoms with E-state index in [2.05, 4.69) is 251 Å². The highest BCUT2D eigenvalue weighted by molar-refractivity contribution is 5.98. The number of carboxylic acids is 5. The number of rotatable bonds is 26. The van der Waals surface area contributed by atoms with Gasteiger partial charge in [0.05, 0.1) is 120 Å². The molecule has 3 aliphatic carbocycles. The van der Waals surface area contributed by atoms with Crippen molar-refractivity contribution in [2.45, 2.75) is 224 Å². The number of hydrogen-bond donors (Lipinski definition) is 6. The van der Waals surface area contributed by atoms with Crippen LogP contribution in [0.5, 0.6) is 0 Å². The van der Waals surface area contributed by atoms with Gasteiger partial charge in [-0.25, -0.2) is 24.0 Å². The quantitative estimate of drug-likeness (QED) is 0.0217. The Morgan fingerprint density at radius 1 is 0.313 bits per heavy atom. The Balaban J connectivity index is 0.000000123. The summed E-state index contributed by atoms with van der Waals surface area (Å²) in [6.07, 6.45) is 35.5. The molecule has 6 aromatic carbocycles. The van der Waals surface area contributed by atoms with Gasteiger partial charge in [-0.05, 0) is 272 Å². The number of pyridine rings is 6. The third-order valence-corrected chi connectivity index (χ3v) is 27.7. The lowest BCUT2D eigenvalue weighted by molar-refractivity contribution is 0.0684. The lowest BCUT2D eigenvalue weighted by Gasteiger charge is -2.26. The lowest BCUT2D eigenvalue weighted by atomic mass is 9.93. The maximum absolute atomic E-state index is 12.2. The number of hydrogen-bond acceptors (Lipinski definition) is 20. The SMILES string of the molecule is Cc1ccc2c(c1)c(Cc1cnccc1C(=O)NC#N)nn2CCN1CCCC1.Cc1ccc2c(c1)c(Cc1cnccc1C(=O)O)nn2C1CC1.Cc1ccc2c(c1)c(Cc1cnccc1C(=O)O)nn2C1CCC1.Cc1ccc2c(c1)c(Cc1cnccc1C(=O)O)nn2C1CCC1.Cc1ccc2c(c1)c(Cc1cnccc1C(=O)O)nn2CC(C)(C)C.Cc1ccc2c(c1)c(Cc1cnccc1C(=O)O)nn2CC(C)(C)C. The number of nitriles is 1. The molecule has 4 fully saturated rings. The molecule has 0 unspecified atom stereocenters. The van der Waals surface area contributed by atoms with E-state index in [1.54, 1.807) is 73.8 Å². The first-order valence-electron chi connectivity index (χ1n) is 51.0.